The molecule has 134 valence electrons. The summed E-state index contributed by atoms with van der Waals surface area (Å²) in [6, 6.07) is 14.1. The van der Waals surface area contributed by atoms with Crippen LogP contribution in [0.4, 0.5) is 0 Å². The van der Waals surface area contributed by atoms with Crippen molar-refractivity contribution in [3.63, 3.8) is 0 Å². The monoisotopic (exact) mass is 351 g/mol. The molecule has 0 atom stereocenters. The predicted octanol–water partition coefficient (Wildman–Crippen LogP) is 3.11. The Bertz CT molecular complexity index is 780. The van der Waals surface area contributed by atoms with Gasteiger partial charge in [0.25, 0.3) is 5.91 Å². The summed E-state index contributed by atoms with van der Waals surface area (Å²) >= 11 is 0. The van der Waals surface area contributed by atoms with Crippen LogP contribution >= 0.6 is 0 Å². The Morgan fingerprint density at radius 1 is 1.04 bits per heavy atom. The third kappa shape index (κ3) is 5.91. The highest BCUT2D eigenvalue weighted by Gasteiger charge is 2.07. The summed E-state index contributed by atoms with van der Waals surface area (Å²) in [4.78, 5) is 12.4. The lowest BCUT2D eigenvalue weighted by Gasteiger charge is -2.08. The third-order valence-corrected chi connectivity index (χ3v) is 3.78. The van der Waals surface area contributed by atoms with Gasteiger partial charge in [-0.1, -0.05) is 43.3 Å². The second-order valence-corrected chi connectivity index (χ2v) is 5.77. The number of hydrogen-bond donors (Lipinski definition) is 4. The molecule has 0 saturated heterocycles. The Balaban J connectivity index is 2.03. The summed E-state index contributed by atoms with van der Waals surface area (Å²) in [5.41, 5.74) is 3.20. The lowest BCUT2D eigenvalue weighted by molar-refractivity contribution is 0.0965. The molecule has 0 aliphatic heterocycles. The molecule has 0 aromatic heterocycles. The molecule has 0 spiro atoms. The number of carbonyl (C=O) groups is 1. The molecule has 2 rings (SSSR count). The molecule has 5 nitrogen and oxygen atoms in total. The Hall–Kier alpha value is -2.83. The first-order valence-electron chi connectivity index (χ1n) is 8.42. The van der Waals surface area contributed by atoms with Crippen molar-refractivity contribution in [2.75, 3.05) is 0 Å². The van der Waals surface area contributed by atoms with Crippen molar-refractivity contribution in [3.8, 4) is 16.9 Å². The third-order valence-electron chi connectivity index (χ3n) is 3.78. The smallest absolute Gasteiger partial charge is 0.455 e. The van der Waals surface area contributed by atoms with Gasteiger partial charge in [-0.05, 0) is 47.9 Å². The normalized spacial score (nSPS) is 11.6. The van der Waals surface area contributed by atoms with E-state index in [1.165, 1.54) is 0 Å². The van der Waals surface area contributed by atoms with E-state index in [-0.39, 0.29) is 18.0 Å². The van der Waals surface area contributed by atoms with Crippen LogP contribution in [-0.2, 0) is 0 Å². The van der Waals surface area contributed by atoms with E-state index in [1.807, 2.05) is 31.2 Å². The van der Waals surface area contributed by atoms with Gasteiger partial charge in [-0.25, -0.2) is 0 Å². The van der Waals surface area contributed by atoms with Crippen molar-refractivity contribution in [2.24, 2.45) is 0 Å². The van der Waals surface area contributed by atoms with Gasteiger partial charge in [0.05, 0.1) is 0 Å². The highest BCUT2D eigenvalue weighted by atomic mass is 16.4. The highest BCUT2D eigenvalue weighted by molar-refractivity contribution is 6.41. The summed E-state index contributed by atoms with van der Waals surface area (Å²) in [5, 5.41) is 29.8. The zero-order valence-corrected chi connectivity index (χ0v) is 14.6. The molecule has 0 saturated carbocycles. The molecule has 0 bridgehead atoms. The van der Waals surface area contributed by atoms with Gasteiger partial charge in [-0.15, -0.1) is 0 Å². The van der Waals surface area contributed by atoms with Crippen molar-refractivity contribution in [3.05, 3.63) is 78.0 Å². The van der Waals surface area contributed by atoms with E-state index in [2.05, 4.69) is 5.32 Å². The Labute approximate surface area is 153 Å². The first-order valence-corrected chi connectivity index (χ1v) is 8.42. The van der Waals surface area contributed by atoms with Gasteiger partial charge in [-0.3, -0.25) is 4.79 Å². The molecule has 2 aromatic carbocycles. The fourth-order valence-electron chi connectivity index (χ4n) is 2.32. The predicted molar refractivity (Wildman–Crippen MR) is 104 cm³/mol. The molecule has 6 heteroatoms. The van der Waals surface area contributed by atoms with Crippen LogP contribution in [0.15, 0.2) is 72.5 Å². The minimum absolute atomic E-state index is 0.139. The van der Waals surface area contributed by atoms with E-state index in [0.717, 1.165) is 16.8 Å². The first-order chi connectivity index (χ1) is 12.5. The van der Waals surface area contributed by atoms with Crippen LogP contribution < -0.4 is 5.32 Å². The quantitative estimate of drug-likeness (QED) is 0.456. The largest absolute Gasteiger partial charge is 0.508 e. The van der Waals surface area contributed by atoms with Crippen molar-refractivity contribution in [1.82, 2.24) is 5.32 Å². The van der Waals surface area contributed by atoms with E-state index in [1.54, 1.807) is 42.5 Å². The van der Waals surface area contributed by atoms with Gasteiger partial charge in [0.1, 0.15) is 5.75 Å². The van der Waals surface area contributed by atoms with Crippen LogP contribution in [0.25, 0.3) is 11.1 Å². The Kier molecular flexibility index (Phi) is 7.20. The van der Waals surface area contributed by atoms with Gasteiger partial charge < -0.3 is 20.5 Å². The molecular weight excluding hydrogens is 329 g/mol. The van der Waals surface area contributed by atoms with Crippen LogP contribution in [0.3, 0.4) is 0 Å². The number of hydrogen-bond acceptors (Lipinski definition) is 4. The fourth-order valence-corrected chi connectivity index (χ4v) is 2.32. The number of nitrogens with one attached hydrogen (secondary N) is 1. The summed E-state index contributed by atoms with van der Waals surface area (Å²) in [5.74, 6) is 0.0112. The van der Waals surface area contributed by atoms with E-state index in [0.29, 0.717) is 12.0 Å². The SMILES string of the molecule is CC/C(=C\C=C/CB(O)O)NC(=O)c1ccc(-c2ccc(O)cc2)cc1. The summed E-state index contributed by atoms with van der Waals surface area (Å²) in [6.07, 6.45) is 5.83. The fraction of sp³-hybridized carbons (Fsp3) is 0.150. The van der Waals surface area contributed by atoms with Crippen LogP contribution in [0, 0.1) is 0 Å². The van der Waals surface area contributed by atoms with Gasteiger partial charge in [-0.2, -0.15) is 0 Å². The number of phenols is 1. The molecule has 0 aliphatic rings. The molecule has 0 heterocycles. The number of rotatable bonds is 7. The molecular formula is C20H22BNO4. The average Bonchev–Trinajstić information content (AvgIpc) is 2.64. The number of amides is 1. The van der Waals surface area contributed by atoms with Crippen molar-refractivity contribution in [2.45, 2.75) is 19.7 Å². The zero-order valence-electron chi connectivity index (χ0n) is 14.6. The number of benzene rings is 2. The number of aromatic hydroxyl groups is 1. The van der Waals surface area contributed by atoms with Crippen LogP contribution in [0.1, 0.15) is 23.7 Å². The second kappa shape index (κ2) is 9.60. The van der Waals surface area contributed by atoms with Gasteiger partial charge in [0.2, 0.25) is 0 Å². The lowest BCUT2D eigenvalue weighted by atomic mass is 9.86. The molecule has 0 radical (unpaired) electrons. The molecule has 0 fully saturated rings. The molecule has 4 N–H and O–H groups in total. The van der Waals surface area contributed by atoms with Gasteiger partial charge in [0, 0.05) is 17.6 Å². The number of allylic oxidation sites excluding steroid dienone is 4. The highest BCUT2D eigenvalue weighted by Crippen LogP contribution is 2.22. The van der Waals surface area contributed by atoms with E-state index < -0.39 is 7.12 Å². The van der Waals surface area contributed by atoms with E-state index in [9.17, 15) is 9.90 Å². The van der Waals surface area contributed by atoms with Gasteiger partial charge in [0.15, 0.2) is 0 Å². The summed E-state index contributed by atoms with van der Waals surface area (Å²) < 4.78 is 0. The summed E-state index contributed by atoms with van der Waals surface area (Å²) in [6.45, 7) is 1.93. The summed E-state index contributed by atoms with van der Waals surface area (Å²) in [7, 11) is -1.37. The number of phenolic OH excluding ortho intramolecular Hbond substituents is 1. The van der Waals surface area contributed by atoms with Crippen LogP contribution in [0.5, 0.6) is 5.75 Å². The first kappa shape index (κ1) is 19.5. The Morgan fingerprint density at radius 3 is 2.15 bits per heavy atom. The molecule has 0 aliphatic carbocycles. The molecule has 2 aromatic rings. The average molecular weight is 351 g/mol. The van der Waals surface area contributed by atoms with E-state index >= 15 is 0 Å². The van der Waals surface area contributed by atoms with Gasteiger partial charge >= 0.3 is 7.12 Å². The Morgan fingerprint density at radius 2 is 1.62 bits per heavy atom. The van der Waals surface area contributed by atoms with Crippen LogP contribution in [-0.4, -0.2) is 28.2 Å². The molecule has 26 heavy (non-hydrogen) atoms. The zero-order chi connectivity index (χ0) is 18.9. The van der Waals surface area contributed by atoms with Crippen molar-refractivity contribution in [1.29, 1.82) is 0 Å². The minimum Gasteiger partial charge on any atom is -0.508 e. The lowest BCUT2D eigenvalue weighted by Crippen LogP contribution is -2.22. The van der Waals surface area contributed by atoms with Crippen LogP contribution in [0.2, 0.25) is 6.32 Å². The second-order valence-electron chi connectivity index (χ2n) is 5.77. The van der Waals surface area contributed by atoms with E-state index in [4.69, 9.17) is 10.0 Å². The standard InChI is InChI=1S/C20H22BNO4/c1-2-18(5-3-4-14-21(25)26)22-20(24)17-8-6-15(7-9-17)16-10-12-19(23)13-11-16/h3-13,23,25-26H,2,14H2,1H3,(H,22,24)/b4-3-,18-5+. The maximum Gasteiger partial charge on any atom is 0.455 e. The number of carbonyl (C=O) groups excluding carboxylic acids is 1. The minimum atomic E-state index is -1.37. The maximum absolute atomic E-state index is 12.4. The molecule has 1 amide bonds. The topological polar surface area (TPSA) is 89.8 Å². The maximum atomic E-state index is 12.4. The molecule has 0 unspecified atom stereocenters. The van der Waals surface area contributed by atoms with Crippen molar-refractivity contribution >= 4 is 13.0 Å². The van der Waals surface area contributed by atoms with Crippen molar-refractivity contribution < 1.29 is 19.9 Å².